The van der Waals surface area contributed by atoms with Gasteiger partial charge < -0.3 is 15.2 Å². The molecule has 0 radical (unpaired) electrons. The van der Waals surface area contributed by atoms with Gasteiger partial charge in [-0.15, -0.1) is 0 Å². The first-order valence-electron chi connectivity index (χ1n) is 9.36. The topological polar surface area (TPSA) is 106 Å². The number of carbonyl (C=O) groups excluding carboxylic acids is 2. The molecule has 2 aromatic heterocycles. The van der Waals surface area contributed by atoms with Gasteiger partial charge in [0.2, 0.25) is 5.91 Å². The monoisotopic (exact) mass is 421 g/mol. The fourth-order valence-corrected chi connectivity index (χ4v) is 4.19. The molecular formula is C21H19N5O3S. The van der Waals surface area contributed by atoms with Gasteiger partial charge in [-0.25, -0.2) is 9.97 Å². The zero-order valence-electron chi connectivity index (χ0n) is 16.6. The van der Waals surface area contributed by atoms with Crippen molar-refractivity contribution in [2.45, 2.75) is 27.3 Å². The number of fused-ring (bicyclic) bond motifs is 2. The highest BCUT2D eigenvalue weighted by molar-refractivity contribution is 7.22. The number of aromatic nitrogens is 3. The lowest BCUT2D eigenvalue weighted by atomic mass is 10.1. The van der Waals surface area contributed by atoms with E-state index in [0.717, 1.165) is 10.2 Å². The molecule has 0 atom stereocenters. The molecule has 30 heavy (non-hydrogen) atoms. The predicted octanol–water partition coefficient (Wildman–Crippen LogP) is 3.55. The lowest BCUT2D eigenvalue weighted by molar-refractivity contribution is -0.114. The zero-order valence-corrected chi connectivity index (χ0v) is 17.5. The Labute approximate surface area is 175 Å². The molecule has 2 heterocycles. The summed E-state index contributed by atoms with van der Waals surface area (Å²) in [5.74, 6) is -0.465. The first-order chi connectivity index (χ1) is 14.4. The third kappa shape index (κ3) is 3.67. The maximum atomic E-state index is 12.8. The van der Waals surface area contributed by atoms with Gasteiger partial charge in [0.05, 0.1) is 21.3 Å². The van der Waals surface area contributed by atoms with E-state index in [1.807, 2.05) is 13.0 Å². The van der Waals surface area contributed by atoms with E-state index in [1.54, 1.807) is 41.8 Å². The van der Waals surface area contributed by atoms with E-state index in [1.165, 1.54) is 18.3 Å². The maximum absolute atomic E-state index is 12.8. The van der Waals surface area contributed by atoms with E-state index in [-0.39, 0.29) is 17.4 Å². The Balaban J connectivity index is 1.63. The largest absolute Gasteiger partial charge is 0.322 e. The average Bonchev–Trinajstić information content (AvgIpc) is 3.09. The highest BCUT2D eigenvalue weighted by Gasteiger charge is 2.12. The summed E-state index contributed by atoms with van der Waals surface area (Å²) >= 11 is 1.33. The summed E-state index contributed by atoms with van der Waals surface area (Å²) in [6, 6.07) is 10.5. The van der Waals surface area contributed by atoms with E-state index in [4.69, 9.17) is 0 Å². The molecule has 0 aliphatic rings. The molecular weight excluding hydrogens is 402 g/mol. The van der Waals surface area contributed by atoms with Crippen molar-refractivity contribution in [2.24, 2.45) is 0 Å². The molecule has 2 amide bonds. The maximum Gasteiger partial charge on any atom is 0.272 e. The van der Waals surface area contributed by atoms with Crippen LogP contribution in [0, 0.1) is 6.92 Å². The smallest absolute Gasteiger partial charge is 0.272 e. The normalized spacial score (nSPS) is 11.0. The van der Waals surface area contributed by atoms with Crippen molar-refractivity contribution in [1.29, 1.82) is 0 Å². The van der Waals surface area contributed by atoms with Crippen LogP contribution < -0.4 is 16.2 Å². The molecule has 0 unspecified atom stereocenters. The summed E-state index contributed by atoms with van der Waals surface area (Å²) in [4.78, 5) is 44.9. The SMILES string of the molecule is CCn1c(=O)c(C)nc2cc(C(=O)Nc3ccc4nc(NC(C)=O)sc4c3)ccc21. The first-order valence-corrected chi connectivity index (χ1v) is 10.2. The Kier molecular flexibility index (Phi) is 5.04. The van der Waals surface area contributed by atoms with Crippen molar-refractivity contribution in [3.8, 4) is 0 Å². The fraction of sp³-hybridized carbons (Fsp3) is 0.190. The predicted molar refractivity (Wildman–Crippen MR) is 118 cm³/mol. The van der Waals surface area contributed by atoms with Crippen molar-refractivity contribution < 1.29 is 9.59 Å². The van der Waals surface area contributed by atoms with Crippen LogP contribution in [0.4, 0.5) is 10.8 Å². The number of aryl methyl sites for hydroxylation is 2. The van der Waals surface area contributed by atoms with Crippen LogP contribution in [-0.2, 0) is 11.3 Å². The number of hydrogen-bond donors (Lipinski definition) is 2. The van der Waals surface area contributed by atoms with Gasteiger partial charge in [-0.05, 0) is 50.2 Å². The quantitative estimate of drug-likeness (QED) is 0.524. The number of nitrogens with one attached hydrogen (secondary N) is 2. The van der Waals surface area contributed by atoms with Crippen LogP contribution in [0.1, 0.15) is 29.9 Å². The van der Waals surface area contributed by atoms with Gasteiger partial charge in [0.1, 0.15) is 5.69 Å². The molecule has 0 saturated carbocycles. The van der Waals surface area contributed by atoms with Gasteiger partial charge in [0, 0.05) is 24.7 Å². The molecule has 9 heteroatoms. The Morgan fingerprint density at radius 3 is 2.60 bits per heavy atom. The van der Waals surface area contributed by atoms with Crippen molar-refractivity contribution >= 4 is 55.2 Å². The second-order valence-corrected chi connectivity index (χ2v) is 7.82. The van der Waals surface area contributed by atoms with Crippen LogP contribution in [0.15, 0.2) is 41.2 Å². The second-order valence-electron chi connectivity index (χ2n) is 6.79. The summed E-state index contributed by atoms with van der Waals surface area (Å²) in [5.41, 5.74) is 3.36. The number of benzene rings is 2. The average molecular weight is 421 g/mol. The van der Waals surface area contributed by atoms with E-state index in [2.05, 4.69) is 20.6 Å². The third-order valence-electron chi connectivity index (χ3n) is 4.62. The molecule has 2 aromatic carbocycles. The van der Waals surface area contributed by atoms with Crippen molar-refractivity contribution in [2.75, 3.05) is 10.6 Å². The minimum absolute atomic E-state index is 0.126. The Bertz CT molecular complexity index is 1370. The fourth-order valence-electron chi connectivity index (χ4n) is 3.24. The van der Waals surface area contributed by atoms with Gasteiger partial charge >= 0.3 is 0 Å². The zero-order chi connectivity index (χ0) is 21.4. The first kappa shape index (κ1) is 19.7. The number of hydrogen-bond acceptors (Lipinski definition) is 6. The molecule has 2 N–H and O–H groups in total. The van der Waals surface area contributed by atoms with Gasteiger partial charge in [-0.3, -0.25) is 14.4 Å². The van der Waals surface area contributed by atoms with Crippen LogP contribution in [0.5, 0.6) is 0 Å². The number of thiazole rings is 1. The number of rotatable bonds is 4. The molecule has 0 bridgehead atoms. The van der Waals surface area contributed by atoms with Crippen molar-refractivity contribution in [3.63, 3.8) is 0 Å². The van der Waals surface area contributed by atoms with Gasteiger partial charge in [0.15, 0.2) is 5.13 Å². The molecule has 0 fully saturated rings. The highest BCUT2D eigenvalue weighted by atomic mass is 32.1. The summed E-state index contributed by atoms with van der Waals surface area (Å²) in [7, 11) is 0. The summed E-state index contributed by atoms with van der Waals surface area (Å²) in [5, 5.41) is 6.05. The van der Waals surface area contributed by atoms with E-state index in [0.29, 0.717) is 39.7 Å². The van der Waals surface area contributed by atoms with E-state index in [9.17, 15) is 14.4 Å². The minimum Gasteiger partial charge on any atom is -0.322 e. The minimum atomic E-state index is -0.281. The number of amides is 2. The number of carbonyl (C=O) groups is 2. The molecule has 4 aromatic rings. The van der Waals surface area contributed by atoms with Gasteiger partial charge in [-0.2, -0.15) is 0 Å². The summed E-state index contributed by atoms with van der Waals surface area (Å²) in [6.07, 6.45) is 0. The lowest BCUT2D eigenvalue weighted by Gasteiger charge is -2.10. The number of anilines is 2. The van der Waals surface area contributed by atoms with Crippen molar-refractivity contribution in [3.05, 3.63) is 58.0 Å². The second kappa shape index (κ2) is 7.68. The third-order valence-corrected chi connectivity index (χ3v) is 5.55. The molecule has 0 spiro atoms. The van der Waals surface area contributed by atoms with E-state index >= 15 is 0 Å². The Morgan fingerprint density at radius 2 is 1.87 bits per heavy atom. The lowest BCUT2D eigenvalue weighted by Crippen LogP contribution is -2.23. The van der Waals surface area contributed by atoms with Crippen molar-refractivity contribution in [1.82, 2.24) is 14.5 Å². The van der Waals surface area contributed by atoms with Crippen LogP contribution in [0.25, 0.3) is 21.3 Å². The summed E-state index contributed by atoms with van der Waals surface area (Å²) in [6.45, 7) is 5.52. The van der Waals surface area contributed by atoms with Crippen LogP contribution >= 0.6 is 11.3 Å². The highest BCUT2D eigenvalue weighted by Crippen LogP contribution is 2.28. The van der Waals surface area contributed by atoms with Crippen LogP contribution in [0.2, 0.25) is 0 Å². The van der Waals surface area contributed by atoms with E-state index < -0.39 is 0 Å². The van der Waals surface area contributed by atoms with Crippen LogP contribution in [0.3, 0.4) is 0 Å². The summed E-state index contributed by atoms with van der Waals surface area (Å²) < 4.78 is 2.49. The molecule has 8 nitrogen and oxygen atoms in total. The van der Waals surface area contributed by atoms with Crippen LogP contribution in [-0.4, -0.2) is 26.3 Å². The standard InChI is InChI=1S/C21H19N5O3S/c1-4-26-17-8-5-13(9-16(17)22-11(2)20(26)29)19(28)24-14-6-7-15-18(10-14)30-21(25-15)23-12(3)27/h5-10H,4H2,1-3H3,(H,24,28)(H,23,25,27). The Hall–Kier alpha value is -3.59. The molecule has 0 saturated heterocycles. The van der Waals surface area contributed by atoms with Gasteiger partial charge in [0.25, 0.3) is 11.5 Å². The number of nitrogens with zero attached hydrogens (tertiary/aromatic N) is 3. The van der Waals surface area contributed by atoms with Gasteiger partial charge in [-0.1, -0.05) is 11.3 Å². The molecule has 0 aliphatic heterocycles. The molecule has 152 valence electrons. The molecule has 0 aliphatic carbocycles. The Morgan fingerprint density at radius 1 is 1.07 bits per heavy atom. The molecule has 4 rings (SSSR count).